The minimum atomic E-state index is -4.49. The van der Waals surface area contributed by atoms with Crippen LogP contribution >= 0.6 is 0 Å². The van der Waals surface area contributed by atoms with Crippen LogP contribution in [0.2, 0.25) is 0 Å². The largest absolute Gasteiger partial charge is 0.416 e. The van der Waals surface area contributed by atoms with Crippen LogP contribution in [0.1, 0.15) is 30.9 Å². The molecule has 1 aliphatic carbocycles. The highest BCUT2D eigenvalue weighted by molar-refractivity contribution is 5.59. The topological polar surface area (TPSA) is 121 Å². The number of hydrogen-bond acceptors (Lipinski definition) is 6. The molecule has 2 aliphatic rings. The first-order valence-electron chi connectivity index (χ1n) is 10.1. The molecule has 2 atom stereocenters. The van der Waals surface area contributed by atoms with E-state index in [1.807, 2.05) is 31.2 Å². The van der Waals surface area contributed by atoms with Gasteiger partial charge in [-0.05, 0) is 36.7 Å². The number of nitriles is 3. The molecular weight excluding hydrogens is 419 g/mol. The Morgan fingerprint density at radius 1 is 1.16 bits per heavy atom. The Kier molecular flexibility index (Phi) is 7.69. The zero-order valence-electron chi connectivity index (χ0n) is 17.8. The van der Waals surface area contributed by atoms with Crippen molar-refractivity contribution in [3.05, 3.63) is 58.3 Å². The van der Waals surface area contributed by atoms with E-state index < -0.39 is 29.0 Å². The molecule has 1 aromatic rings. The van der Waals surface area contributed by atoms with Gasteiger partial charge in [0.2, 0.25) is 0 Å². The van der Waals surface area contributed by atoms with Gasteiger partial charge in [-0.25, -0.2) is 0 Å². The number of hydrogen-bond donors (Lipinski definition) is 2. The fourth-order valence-corrected chi connectivity index (χ4v) is 4.25. The summed E-state index contributed by atoms with van der Waals surface area (Å²) in [6.07, 6.45) is -2.63. The van der Waals surface area contributed by atoms with Crippen LogP contribution in [0.3, 0.4) is 0 Å². The average Bonchev–Trinajstić information content (AvgIpc) is 2.78. The van der Waals surface area contributed by atoms with Crippen molar-refractivity contribution in [2.24, 2.45) is 17.1 Å². The van der Waals surface area contributed by atoms with Crippen LogP contribution in [0.25, 0.3) is 0 Å². The van der Waals surface area contributed by atoms with E-state index in [0.29, 0.717) is 30.8 Å². The summed E-state index contributed by atoms with van der Waals surface area (Å²) in [5.41, 5.74) is 4.56. The van der Waals surface area contributed by atoms with Crippen molar-refractivity contribution in [2.75, 3.05) is 26.2 Å². The molecule has 0 fully saturated rings. The Morgan fingerprint density at radius 3 is 2.16 bits per heavy atom. The number of likely N-dealkylation sites (N-methyl/N-ethyl adjacent to an activating group) is 1. The SMILES string of the molecule is CCN1CC=C2C(C#N)=C(N)C(C#N)(C#N)C(c3ccc(C(F)(F)F)cc3)C2C1.CCO. The summed E-state index contributed by atoms with van der Waals surface area (Å²) in [7, 11) is 0. The van der Waals surface area contributed by atoms with E-state index in [2.05, 4.69) is 4.90 Å². The lowest BCUT2D eigenvalue weighted by molar-refractivity contribution is -0.137. The van der Waals surface area contributed by atoms with E-state index in [-0.39, 0.29) is 17.9 Å². The van der Waals surface area contributed by atoms with Gasteiger partial charge in [0.05, 0.1) is 29.0 Å². The maximum Gasteiger partial charge on any atom is 0.416 e. The molecule has 32 heavy (non-hydrogen) atoms. The van der Waals surface area contributed by atoms with Gasteiger partial charge in [0.15, 0.2) is 5.41 Å². The summed E-state index contributed by atoms with van der Waals surface area (Å²) in [5, 5.41) is 37.1. The van der Waals surface area contributed by atoms with E-state index in [9.17, 15) is 29.0 Å². The smallest absolute Gasteiger partial charge is 0.399 e. The lowest BCUT2D eigenvalue weighted by atomic mass is 9.58. The maximum absolute atomic E-state index is 13.0. The fourth-order valence-electron chi connectivity index (χ4n) is 4.25. The number of halogens is 3. The summed E-state index contributed by atoms with van der Waals surface area (Å²) >= 11 is 0. The van der Waals surface area contributed by atoms with Crippen LogP contribution in [0.5, 0.6) is 0 Å². The first kappa shape index (κ1) is 24.9. The van der Waals surface area contributed by atoms with Gasteiger partial charge in [0, 0.05) is 31.5 Å². The second-order valence-corrected chi connectivity index (χ2v) is 7.46. The molecule has 0 saturated carbocycles. The molecule has 6 nitrogen and oxygen atoms in total. The summed E-state index contributed by atoms with van der Waals surface area (Å²) in [6.45, 7) is 5.67. The zero-order valence-corrected chi connectivity index (χ0v) is 17.8. The number of aliphatic hydroxyl groups excluding tert-OH is 1. The van der Waals surface area contributed by atoms with E-state index in [4.69, 9.17) is 10.8 Å². The highest BCUT2D eigenvalue weighted by Crippen LogP contribution is 2.54. The zero-order chi connectivity index (χ0) is 24.1. The molecule has 168 valence electrons. The molecular formula is C23H24F3N5O. The standard InChI is InChI=1S/C21H18F3N5.C2H6O/c1-2-29-8-7-15-16(9-25)19(28)20(11-26,12-27)18(17(15)10-29)13-3-5-14(6-4-13)21(22,23)24;1-2-3/h3-7,17-18H,2,8,10,28H2,1H3;3H,2H2,1H3. The van der Waals surface area contributed by atoms with Gasteiger partial charge in [-0.2, -0.15) is 29.0 Å². The molecule has 0 aromatic heterocycles. The van der Waals surface area contributed by atoms with Crippen LogP contribution < -0.4 is 5.73 Å². The Balaban J connectivity index is 0.00000114. The van der Waals surface area contributed by atoms with Crippen LogP contribution in [-0.2, 0) is 6.18 Å². The molecule has 3 N–H and O–H groups in total. The molecule has 1 aliphatic heterocycles. The number of rotatable bonds is 2. The molecule has 9 heteroatoms. The fraction of sp³-hybridized carbons (Fsp3) is 0.435. The number of benzene rings is 1. The highest BCUT2D eigenvalue weighted by Gasteiger charge is 2.54. The van der Waals surface area contributed by atoms with Gasteiger partial charge >= 0.3 is 6.18 Å². The van der Waals surface area contributed by atoms with Gasteiger partial charge in [-0.3, -0.25) is 4.90 Å². The lowest BCUT2D eigenvalue weighted by Gasteiger charge is -2.45. The van der Waals surface area contributed by atoms with Gasteiger partial charge < -0.3 is 10.8 Å². The number of allylic oxidation sites excluding steroid dienone is 2. The summed E-state index contributed by atoms with van der Waals surface area (Å²) in [6, 6.07) is 10.5. The van der Waals surface area contributed by atoms with Crippen molar-refractivity contribution in [1.82, 2.24) is 4.90 Å². The van der Waals surface area contributed by atoms with Crippen molar-refractivity contribution >= 4 is 0 Å². The normalized spacial score (nSPS) is 22.3. The minimum Gasteiger partial charge on any atom is -0.399 e. The quantitative estimate of drug-likeness (QED) is 0.722. The Bertz CT molecular complexity index is 1010. The Morgan fingerprint density at radius 2 is 1.72 bits per heavy atom. The van der Waals surface area contributed by atoms with Crippen LogP contribution in [-0.4, -0.2) is 36.2 Å². The molecule has 0 spiro atoms. The van der Waals surface area contributed by atoms with Crippen molar-refractivity contribution in [1.29, 1.82) is 15.8 Å². The first-order valence-corrected chi connectivity index (χ1v) is 10.1. The van der Waals surface area contributed by atoms with Crippen molar-refractivity contribution in [3.8, 4) is 18.2 Å². The van der Waals surface area contributed by atoms with E-state index in [1.54, 1.807) is 6.92 Å². The molecule has 0 bridgehead atoms. The first-order chi connectivity index (χ1) is 15.1. The third-order valence-corrected chi connectivity index (χ3v) is 5.78. The van der Waals surface area contributed by atoms with E-state index in [1.165, 1.54) is 12.1 Å². The highest BCUT2D eigenvalue weighted by atomic mass is 19.4. The summed E-state index contributed by atoms with van der Waals surface area (Å²) in [4.78, 5) is 2.08. The molecule has 3 rings (SSSR count). The van der Waals surface area contributed by atoms with Crippen molar-refractivity contribution in [2.45, 2.75) is 25.9 Å². The third-order valence-electron chi connectivity index (χ3n) is 5.78. The van der Waals surface area contributed by atoms with Crippen LogP contribution in [0.4, 0.5) is 13.2 Å². The number of nitrogens with two attached hydrogens (primary N) is 1. The molecule has 1 heterocycles. The molecule has 2 unspecified atom stereocenters. The van der Waals surface area contributed by atoms with Crippen molar-refractivity contribution < 1.29 is 18.3 Å². The van der Waals surface area contributed by atoms with E-state index >= 15 is 0 Å². The van der Waals surface area contributed by atoms with Gasteiger partial charge in [-0.1, -0.05) is 25.1 Å². The van der Waals surface area contributed by atoms with Gasteiger partial charge in [0.1, 0.15) is 6.07 Å². The maximum atomic E-state index is 13.0. The molecule has 1 aromatic carbocycles. The van der Waals surface area contributed by atoms with Gasteiger partial charge in [-0.15, -0.1) is 0 Å². The molecule has 0 amide bonds. The van der Waals surface area contributed by atoms with Gasteiger partial charge in [0.25, 0.3) is 0 Å². The number of nitrogens with zero attached hydrogens (tertiary/aromatic N) is 4. The van der Waals surface area contributed by atoms with E-state index in [0.717, 1.165) is 12.1 Å². The Labute approximate surface area is 185 Å². The lowest BCUT2D eigenvalue weighted by Crippen LogP contribution is -2.48. The number of alkyl halides is 3. The number of aliphatic hydroxyl groups is 1. The second kappa shape index (κ2) is 9.87. The minimum absolute atomic E-state index is 0.122. The third kappa shape index (κ3) is 4.34. The molecule has 0 saturated heterocycles. The van der Waals surface area contributed by atoms with Crippen LogP contribution in [0, 0.1) is 45.3 Å². The predicted molar refractivity (Wildman–Crippen MR) is 111 cm³/mol. The monoisotopic (exact) mass is 443 g/mol. The molecule has 0 radical (unpaired) electrons. The predicted octanol–water partition coefficient (Wildman–Crippen LogP) is 3.45. The summed E-state index contributed by atoms with van der Waals surface area (Å²) in [5.74, 6) is -1.21. The number of fused-ring (bicyclic) bond motifs is 1. The second-order valence-electron chi connectivity index (χ2n) is 7.46. The van der Waals surface area contributed by atoms with Crippen LogP contribution in [0.15, 0.2) is 47.2 Å². The summed E-state index contributed by atoms with van der Waals surface area (Å²) < 4.78 is 39.0. The van der Waals surface area contributed by atoms with Crippen molar-refractivity contribution in [3.63, 3.8) is 0 Å². The Hall–Kier alpha value is -3.32. The average molecular weight is 443 g/mol.